The molecule has 23 heavy (non-hydrogen) atoms. The van der Waals surface area contributed by atoms with Crippen LogP contribution in [0.25, 0.3) is 10.9 Å². The standard InChI is InChI=1S/C19H24ClNO2/c1-12(2)23-19(22)8-9-21-17-6-4-13(3)10-15(17)16-11-14(20)5-7-18(16)21/h5,7,11-13H,4,6,8-10H2,1-3H3. The molecule has 3 rings (SSSR count). The summed E-state index contributed by atoms with van der Waals surface area (Å²) in [7, 11) is 0. The monoisotopic (exact) mass is 333 g/mol. The summed E-state index contributed by atoms with van der Waals surface area (Å²) in [5, 5.41) is 2.02. The summed E-state index contributed by atoms with van der Waals surface area (Å²) in [5.74, 6) is 0.570. The molecule has 4 heteroatoms. The van der Waals surface area contributed by atoms with E-state index in [-0.39, 0.29) is 12.1 Å². The van der Waals surface area contributed by atoms with Crippen LogP contribution < -0.4 is 0 Å². The van der Waals surface area contributed by atoms with Gasteiger partial charge in [-0.25, -0.2) is 0 Å². The predicted octanol–water partition coefficient (Wildman–Crippen LogP) is 4.76. The van der Waals surface area contributed by atoms with Crippen molar-refractivity contribution in [2.75, 3.05) is 0 Å². The van der Waals surface area contributed by atoms with Crippen molar-refractivity contribution in [1.82, 2.24) is 4.57 Å². The second-order valence-electron chi connectivity index (χ2n) is 6.87. The quantitative estimate of drug-likeness (QED) is 0.755. The predicted molar refractivity (Wildman–Crippen MR) is 94.0 cm³/mol. The van der Waals surface area contributed by atoms with Gasteiger partial charge in [-0.2, -0.15) is 0 Å². The molecule has 0 bridgehead atoms. The number of aromatic nitrogens is 1. The fourth-order valence-electron chi connectivity index (χ4n) is 3.58. The largest absolute Gasteiger partial charge is 0.463 e. The third kappa shape index (κ3) is 3.40. The number of hydrogen-bond acceptors (Lipinski definition) is 2. The lowest BCUT2D eigenvalue weighted by atomic mass is 9.87. The van der Waals surface area contributed by atoms with E-state index in [1.165, 1.54) is 28.6 Å². The van der Waals surface area contributed by atoms with E-state index in [0.717, 1.165) is 17.9 Å². The van der Waals surface area contributed by atoms with E-state index < -0.39 is 0 Å². The summed E-state index contributed by atoms with van der Waals surface area (Å²) in [5.41, 5.74) is 3.97. The number of halogens is 1. The molecule has 1 unspecified atom stereocenters. The lowest BCUT2D eigenvalue weighted by molar-refractivity contribution is -0.147. The highest BCUT2D eigenvalue weighted by molar-refractivity contribution is 6.31. The Morgan fingerprint density at radius 1 is 1.43 bits per heavy atom. The van der Waals surface area contributed by atoms with Crippen LogP contribution in [-0.2, 0) is 28.9 Å². The number of fused-ring (bicyclic) bond motifs is 3. The van der Waals surface area contributed by atoms with Gasteiger partial charge in [0.15, 0.2) is 0 Å². The summed E-state index contributed by atoms with van der Waals surface area (Å²) in [6.07, 6.45) is 3.72. The Labute approximate surface area is 142 Å². The van der Waals surface area contributed by atoms with E-state index in [4.69, 9.17) is 16.3 Å². The highest BCUT2D eigenvalue weighted by Gasteiger charge is 2.23. The van der Waals surface area contributed by atoms with E-state index >= 15 is 0 Å². The molecule has 3 nitrogen and oxygen atoms in total. The summed E-state index contributed by atoms with van der Waals surface area (Å²) in [4.78, 5) is 11.9. The van der Waals surface area contributed by atoms with Crippen LogP contribution >= 0.6 is 11.6 Å². The van der Waals surface area contributed by atoms with Crippen LogP contribution in [0.5, 0.6) is 0 Å². The molecule has 0 saturated carbocycles. The van der Waals surface area contributed by atoms with Crippen LogP contribution in [0.2, 0.25) is 5.02 Å². The summed E-state index contributed by atoms with van der Waals surface area (Å²) < 4.78 is 7.57. The van der Waals surface area contributed by atoms with E-state index in [9.17, 15) is 4.79 Å². The van der Waals surface area contributed by atoms with Gasteiger partial charge in [-0.15, -0.1) is 0 Å². The van der Waals surface area contributed by atoms with Gasteiger partial charge in [0, 0.05) is 28.2 Å². The molecule has 1 aliphatic carbocycles. The Kier molecular flexibility index (Phi) is 4.67. The lowest BCUT2D eigenvalue weighted by Gasteiger charge is -2.21. The molecule has 0 N–H and O–H groups in total. The van der Waals surface area contributed by atoms with Gasteiger partial charge < -0.3 is 9.30 Å². The number of ether oxygens (including phenoxy) is 1. The Bertz CT molecular complexity index is 733. The molecule has 0 fully saturated rings. The lowest BCUT2D eigenvalue weighted by Crippen LogP contribution is -2.17. The van der Waals surface area contributed by atoms with Gasteiger partial charge in [0.05, 0.1) is 12.5 Å². The third-order valence-corrected chi connectivity index (χ3v) is 4.82. The van der Waals surface area contributed by atoms with Crippen molar-refractivity contribution in [3.05, 3.63) is 34.5 Å². The molecule has 0 radical (unpaired) electrons. The Balaban J connectivity index is 1.95. The summed E-state index contributed by atoms with van der Waals surface area (Å²) in [6, 6.07) is 6.08. The average molecular weight is 334 g/mol. The molecule has 1 heterocycles. The molecular formula is C19H24ClNO2. The SMILES string of the molecule is CC1CCc2c(c3cc(Cl)ccc3n2CCC(=O)OC(C)C)C1. The molecule has 0 saturated heterocycles. The van der Waals surface area contributed by atoms with Crippen molar-refractivity contribution in [2.45, 2.75) is 59.1 Å². The van der Waals surface area contributed by atoms with Crippen LogP contribution in [-0.4, -0.2) is 16.6 Å². The zero-order valence-electron chi connectivity index (χ0n) is 14.1. The zero-order chi connectivity index (χ0) is 16.6. The fourth-order valence-corrected chi connectivity index (χ4v) is 3.75. The highest BCUT2D eigenvalue weighted by atomic mass is 35.5. The Morgan fingerprint density at radius 2 is 2.22 bits per heavy atom. The Hall–Kier alpha value is -1.48. The molecule has 1 atom stereocenters. The number of nitrogens with zero attached hydrogens (tertiary/aromatic N) is 1. The first-order chi connectivity index (χ1) is 11.0. The fraction of sp³-hybridized carbons (Fsp3) is 0.526. The smallest absolute Gasteiger partial charge is 0.307 e. The average Bonchev–Trinajstić information content (AvgIpc) is 2.77. The maximum Gasteiger partial charge on any atom is 0.307 e. The number of rotatable bonds is 4. The first-order valence-electron chi connectivity index (χ1n) is 8.44. The van der Waals surface area contributed by atoms with E-state index in [0.29, 0.717) is 18.9 Å². The van der Waals surface area contributed by atoms with Crippen molar-refractivity contribution in [2.24, 2.45) is 5.92 Å². The van der Waals surface area contributed by atoms with Gasteiger partial charge >= 0.3 is 5.97 Å². The molecular weight excluding hydrogens is 310 g/mol. The van der Waals surface area contributed by atoms with Crippen LogP contribution in [0.1, 0.15) is 44.9 Å². The first-order valence-corrected chi connectivity index (χ1v) is 8.82. The van der Waals surface area contributed by atoms with Gasteiger partial charge in [-0.3, -0.25) is 4.79 Å². The molecule has 2 aromatic rings. The van der Waals surface area contributed by atoms with Gasteiger partial charge in [0.25, 0.3) is 0 Å². The molecule has 1 aromatic carbocycles. The molecule has 1 aliphatic rings. The van der Waals surface area contributed by atoms with Crippen molar-refractivity contribution in [3.8, 4) is 0 Å². The number of aryl methyl sites for hydroxylation is 1. The van der Waals surface area contributed by atoms with Gasteiger partial charge in [0.2, 0.25) is 0 Å². The maximum atomic E-state index is 11.9. The van der Waals surface area contributed by atoms with Gasteiger partial charge in [0.1, 0.15) is 0 Å². The minimum absolute atomic E-state index is 0.0579. The molecule has 0 aliphatic heterocycles. The van der Waals surface area contributed by atoms with Crippen LogP contribution in [0.4, 0.5) is 0 Å². The van der Waals surface area contributed by atoms with Crippen LogP contribution in [0.3, 0.4) is 0 Å². The van der Waals surface area contributed by atoms with Gasteiger partial charge in [-0.05, 0) is 62.8 Å². The zero-order valence-corrected chi connectivity index (χ0v) is 14.8. The number of benzene rings is 1. The van der Waals surface area contributed by atoms with Crippen molar-refractivity contribution >= 4 is 28.5 Å². The summed E-state index contributed by atoms with van der Waals surface area (Å²) in [6.45, 7) is 6.74. The van der Waals surface area contributed by atoms with Crippen molar-refractivity contribution < 1.29 is 9.53 Å². The summed E-state index contributed by atoms with van der Waals surface area (Å²) >= 11 is 6.21. The van der Waals surface area contributed by atoms with Crippen LogP contribution in [0, 0.1) is 5.92 Å². The maximum absolute atomic E-state index is 11.9. The normalized spacial score (nSPS) is 17.5. The minimum Gasteiger partial charge on any atom is -0.463 e. The number of carbonyl (C=O) groups excluding carboxylic acids is 1. The van der Waals surface area contributed by atoms with E-state index in [1.807, 2.05) is 19.9 Å². The third-order valence-electron chi connectivity index (χ3n) is 4.58. The molecule has 1 aromatic heterocycles. The second-order valence-corrected chi connectivity index (χ2v) is 7.31. The molecule has 0 spiro atoms. The van der Waals surface area contributed by atoms with Crippen molar-refractivity contribution in [1.29, 1.82) is 0 Å². The topological polar surface area (TPSA) is 31.2 Å². The minimum atomic E-state index is -0.131. The first kappa shape index (κ1) is 16.4. The van der Waals surface area contributed by atoms with E-state index in [1.54, 1.807) is 0 Å². The number of hydrogen-bond donors (Lipinski definition) is 0. The van der Waals surface area contributed by atoms with Crippen molar-refractivity contribution in [3.63, 3.8) is 0 Å². The molecule has 124 valence electrons. The number of carbonyl (C=O) groups is 1. The Morgan fingerprint density at radius 3 is 2.96 bits per heavy atom. The number of esters is 1. The van der Waals surface area contributed by atoms with Gasteiger partial charge in [-0.1, -0.05) is 18.5 Å². The van der Waals surface area contributed by atoms with Crippen LogP contribution in [0.15, 0.2) is 18.2 Å². The second kappa shape index (κ2) is 6.56. The highest BCUT2D eigenvalue weighted by Crippen LogP contribution is 2.35. The molecule has 0 amide bonds. The van der Waals surface area contributed by atoms with E-state index in [2.05, 4.69) is 23.6 Å².